The predicted molar refractivity (Wildman–Crippen MR) is 99.8 cm³/mol. The molecule has 0 spiro atoms. The zero-order valence-corrected chi connectivity index (χ0v) is 14.7. The van der Waals surface area contributed by atoms with Crippen molar-refractivity contribution in [1.29, 1.82) is 0 Å². The first-order valence-corrected chi connectivity index (χ1v) is 8.08. The van der Waals surface area contributed by atoms with Gasteiger partial charge in [0.05, 0.1) is 11.1 Å². The van der Waals surface area contributed by atoms with Crippen molar-refractivity contribution in [3.8, 4) is 11.3 Å². The molecule has 7 nitrogen and oxygen atoms in total. The van der Waals surface area contributed by atoms with Gasteiger partial charge in [0.15, 0.2) is 0 Å². The third-order valence-electron chi connectivity index (χ3n) is 4.22. The van der Waals surface area contributed by atoms with E-state index in [1.165, 1.54) is 0 Å². The van der Waals surface area contributed by atoms with Crippen molar-refractivity contribution in [2.75, 3.05) is 0 Å². The number of nitrogens with zero attached hydrogens (tertiary/aromatic N) is 5. The molecule has 0 saturated heterocycles. The van der Waals surface area contributed by atoms with E-state index >= 15 is 0 Å². The van der Waals surface area contributed by atoms with Crippen LogP contribution >= 0.6 is 0 Å². The van der Waals surface area contributed by atoms with Crippen molar-refractivity contribution < 1.29 is 4.79 Å². The highest BCUT2D eigenvalue weighted by Crippen LogP contribution is 2.31. The standard InChI is InChI=1S/C19H17N5O2/c1-11-8-12(2)17(13(3)9-11)18-14-6-4-5-7-15(14)19(26)24(22-18)10-16(25)21-23-20/h4-9H,10H2,1-3H3. The van der Waals surface area contributed by atoms with Gasteiger partial charge in [0, 0.05) is 15.9 Å². The summed E-state index contributed by atoms with van der Waals surface area (Å²) in [5, 5.41) is 8.66. The smallest absolute Gasteiger partial charge is 0.275 e. The second kappa shape index (κ2) is 6.82. The lowest BCUT2D eigenvalue weighted by molar-refractivity contribution is -0.118. The minimum absolute atomic E-state index is 0.395. The molecule has 2 aromatic carbocycles. The lowest BCUT2D eigenvalue weighted by Crippen LogP contribution is -2.27. The molecule has 0 aliphatic rings. The second-order valence-corrected chi connectivity index (χ2v) is 6.21. The minimum Gasteiger partial charge on any atom is -0.290 e. The lowest BCUT2D eigenvalue weighted by Gasteiger charge is -2.15. The first-order valence-electron chi connectivity index (χ1n) is 8.08. The van der Waals surface area contributed by atoms with Gasteiger partial charge in [-0.25, -0.2) is 4.68 Å². The zero-order chi connectivity index (χ0) is 18.8. The molecule has 1 aromatic heterocycles. The molecule has 0 aliphatic carbocycles. The van der Waals surface area contributed by atoms with Gasteiger partial charge in [-0.05, 0) is 48.6 Å². The number of hydrogen-bond donors (Lipinski definition) is 0. The predicted octanol–water partition coefficient (Wildman–Crippen LogP) is 3.83. The van der Waals surface area contributed by atoms with Gasteiger partial charge in [-0.3, -0.25) is 9.59 Å². The topological polar surface area (TPSA) is 101 Å². The van der Waals surface area contributed by atoms with Gasteiger partial charge in [0.2, 0.25) is 5.91 Å². The molecule has 1 amide bonds. The van der Waals surface area contributed by atoms with E-state index in [2.05, 4.69) is 27.3 Å². The normalized spacial score (nSPS) is 10.6. The number of rotatable bonds is 3. The summed E-state index contributed by atoms with van der Waals surface area (Å²) >= 11 is 0. The van der Waals surface area contributed by atoms with Crippen LogP contribution in [0.25, 0.3) is 32.5 Å². The van der Waals surface area contributed by atoms with Crippen LogP contribution in [0.3, 0.4) is 0 Å². The van der Waals surface area contributed by atoms with E-state index in [9.17, 15) is 9.59 Å². The van der Waals surface area contributed by atoms with Crippen LogP contribution in [0.5, 0.6) is 0 Å². The Hall–Kier alpha value is -3.44. The monoisotopic (exact) mass is 347 g/mol. The quantitative estimate of drug-likeness (QED) is 0.409. The van der Waals surface area contributed by atoms with Gasteiger partial charge >= 0.3 is 0 Å². The fraction of sp³-hybridized carbons (Fsp3) is 0.211. The maximum absolute atomic E-state index is 12.7. The van der Waals surface area contributed by atoms with Gasteiger partial charge in [-0.15, -0.1) is 0 Å². The molecule has 3 aromatic rings. The zero-order valence-electron chi connectivity index (χ0n) is 14.7. The van der Waals surface area contributed by atoms with Crippen molar-refractivity contribution in [3.05, 3.63) is 73.9 Å². The molecule has 3 rings (SSSR count). The Bertz CT molecular complexity index is 1120. The van der Waals surface area contributed by atoms with Crippen molar-refractivity contribution in [3.63, 3.8) is 0 Å². The summed E-state index contributed by atoms with van der Waals surface area (Å²) in [6.07, 6.45) is 0. The van der Waals surface area contributed by atoms with Gasteiger partial charge < -0.3 is 0 Å². The van der Waals surface area contributed by atoms with E-state index in [1.807, 2.05) is 32.9 Å². The molecule has 0 saturated carbocycles. The number of fused-ring (bicyclic) bond motifs is 1. The Balaban J connectivity index is 2.35. The number of carbonyl (C=O) groups excluding carboxylic acids is 1. The number of aromatic nitrogens is 2. The fourth-order valence-corrected chi connectivity index (χ4v) is 3.29. The molecule has 7 heteroatoms. The number of carbonyl (C=O) groups is 1. The molecule has 1 heterocycles. The van der Waals surface area contributed by atoms with Gasteiger partial charge in [-0.2, -0.15) is 5.10 Å². The first kappa shape index (κ1) is 17.4. The summed E-state index contributed by atoms with van der Waals surface area (Å²) in [6, 6.07) is 11.3. The summed E-state index contributed by atoms with van der Waals surface area (Å²) in [4.78, 5) is 26.9. The van der Waals surface area contributed by atoms with Crippen molar-refractivity contribution in [1.82, 2.24) is 9.78 Å². The number of benzene rings is 2. The van der Waals surface area contributed by atoms with Crippen LogP contribution < -0.4 is 5.56 Å². The maximum atomic E-state index is 12.7. The third kappa shape index (κ3) is 3.08. The van der Waals surface area contributed by atoms with Crippen molar-refractivity contribution in [2.24, 2.45) is 5.11 Å². The second-order valence-electron chi connectivity index (χ2n) is 6.21. The van der Waals surface area contributed by atoms with Gasteiger partial charge in [0.1, 0.15) is 6.54 Å². The largest absolute Gasteiger partial charge is 0.290 e. The Kier molecular flexibility index (Phi) is 4.56. The Labute approximate surface area is 149 Å². The maximum Gasteiger partial charge on any atom is 0.275 e. The molecule has 0 fully saturated rings. The van der Waals surface area contributed by atoms with Crippen molar-refractivity contribution in [2.45, 2.75) is 27.3 Å². The molecule has 0 unspecified atom stereocenters. The van der Waals surface area contributed by atoms with E-state index in [0.717, 1.165) is 32.3 Å². The van der Waals surface area contributed by atoms with Crippen LogP contribution in [-0.4, -0.2) is 15.7 Å². The van der Waals surface area contributed by atoms with Crippen LogP contribution in [0, 0.1) is 20.8 Å². The lowest BCUT2D eigenvalue weighted by atomic mass is 9.94. The molecule has 0 bridgehead atoms. The van der Waals surface area contributed by atoms with E-state index in [4.69, 9.17) is 5.53 Å². The number of azide groups is 1. The fourth-order valence-electron chi connectivity index (χ4n) is 3.29. The summed E-state index contributed by atoms with van der Waals surface area (Å²) in [6.45, 7) is 5.61. The Morgan fingerprint density at radius 1 is 1.15 bits per heavy atom. The Morgan fingerprint density at radius 3 is 2.38 bits per heavy atom. The van der Waals surface area contributed by atoms with Crippen LogP contribution in [-0.2, 0) is 11.3 Å². The van der Waals surface area contributed by atoms with Crippen LogP contribution in [0.2, 0.25) is 0 Å². The molecule has 0 N–H and O–H groups in total. The van der Waals surface area contributed by atoms with Crippen LogP contribution in [0.15, 0.2) is 46.3 Å². The van der Waals surface area contributed by atoms with E-state index < -0.39 is 18.0 Å². The molecule has 0 atom stereocenters. The molecule has 26 heavy (non-hydrogen) atoms. The van der Waals surface area contributed by atoms with Gasteiger partial charge in [0.25, 0.3) is 5.56 Å². The molecule has 130 valence electrons. The highest BCUT2D eigenvalue weighted by atomic mass is 16.2. The van der Waals surface area contributed by atoms with Gasteiger partial charge in [-0.1, -0.05) is 35.9 Å². The SMILES string of the molecule is Cc1cc(C)c(-c2nn(CC(=O)N=[N+]=[N-])c(=O)c3ccccc23)c(C)c1. The number of hydrogen-bond acceptors (Lipinski definition) is 3. The molecule has 0 aliphatic heterocycles. The van der Waals surface area contributed by atoms with Crippen LogP contribution in [0.1, 0.15) is 16.7 Å². The van der Waals surface area contributed by atoms with E-state index in [0.29, 0.717) is 11.1 Å². The highest BCUT2D eigenvalue weighted by molar-refractivity contribution is 5.95. The summed E-state index contributed by atoms with van der Waals surface area (Å²) in [7, 11) is 0. The van der Waals surface area contributed by atoms with Crippen molar-refractivity contribution >= 4 is 16.7 Å². The summed E-state index contributed by atoms with van der Waals surface area (Å²) in [5.41, 5.74) is 12.8. The third-order valence-corrected chi connectivity index (χ3v) is 4.22. The minimum atomic E-state index is -0.763. The van der Waals surface area contributed by atoms with Crippen LogP contribution in [0.4, 0.5) is 0 Å². The first-order chi connectivity index (χ1) is 12.4. The summed E-state index contributed by atoms with van der Waals surface area (Å²) in [5.74, 6) is -0.763. The number of aryl methyl sites for hydroxylation is 3. The van der Waals surface area contributed by atoms with E-state index in [1.54, 1.807) is 12.1 Å². The molecular weight excluding hydrogens is 330 g/mol. The van der Waals surface area contributed by atoms with E-state index in [-0.39, 0.29) is 0 Å². The molecular formula is C19H17N5O2. The Morgan fingerprint density at radius 2 is 1.77 bits per heavy atom. The average molecular weight is 347 g/mol. The highest BCUT2D eigenvalue weighted by Gasteiger charge is 2.16. The summed E-state index contributed by atoms with van der Waals surface area (Å²) < 4.78 is 1.06. The molecule has 0 radical (unpaired) electrons. The average Bonchev–Trinajstić information content (AvgIpc) is 2.58. The number of amides is 1.